The summed E-state index contributed by atoms with van der Waals surface area (Å²) in [6, 6.07) is 16.7. The number of benzene rings is 2. The van der Waals surface area contributed by atoms with Crippen LogP contribution >= 0.6 is 0 Å². The summed E-state index contributed by atoms with van der Waals surface area (Å²) in [5.74, 6) is 1.05. The van der Waals surface area contributed by atoms with Gasteiger partial charge >= 0.3 is 0 Å². The number of aromatic nitrogens is 2. The highest BCUT2D eigenvalue weighted by atomic mass is 16.5. The Kier molecular flexibility index (Phi) is 6.20. The number of nitrogens with zero attached hydrogens (tertiary/aromatic N) is 2. The van der Waals surface area contributed by atoms with E-state index in [1.54, 1.807) is 26.4 Å². The van der Waals surface area contributed by atoms with Crippen LogP contribution in [0.3, 0.4) is 0 Å². The maximum absolute atomic E-state index is 12.2. The monoisotopic (exact) mass is 376 g/mol. The van der Waals surface area contributed by atoms with Crippen LogP contribution in [0.2, 0.25) is 0 Å². The molecule has 2 N–H and O–H groups in total. The number of hydrogen-bond donors (Lipinski definition) is 2. The molecule has 7 heteroatoms. The van der Waals surface area contributed by atoms with Gasteiger partial charge in [-0.3, -0.25) is 9.89 Å². The summed E-state index contributed by atoms with van der Waals surface area (Å²) >= 11 is 0. The highest BCUT2D eigenvalue weighted by Gasteiger charge is 2.13. The van der Waals surface area contributed by atoms with E-state index in [4.69, 9.17) is 9.47 Å². The molecule has 28 heavy (non-hydrogen) atoms. The number of hydrazone groups is 1. The Balaban J connectivity index is 1.62. The first-order chi connectivity index (χ1) is 13.7. The maximum atomic E-state index is 12.2. The second-order valence-corrected chi connectivity index (χ2v) is 5.69. The van der Waals surface area contributed by atoms with Gasteiger partial charge in [0.2, 0.25) is 0 Å². The molecule has 3 rings (SSSR count). The fraction of sp³-hybridized carbons (Fsp3) is 0.0952. The van der Waals surface area contributed by atoms with Crippen molar-refractivity contribution in [1.82, 2.24) is 15.6 Å². The lowest BCUT2D eigenvalue weighted by atomic mass is 10.1. The van der Waals surface area contributed by atoms with Crippen LogP contribution in [0.5, 0.6) is 11.5 Å². The van der Waals surface area contributed by atoms with Gasteiger partial charge in [0.05, 0.1) is 19.9 Å². The Morgan fingerprint density at radius 3 is 2.57 bits per heavy atom. The average Bonchev–Trinajstić information content (AvgIpc) is 3.24. The Bertz CT molecular complexity index is 1010. The summed E-state index contributed by atoms with van der Waals surface area (Å²) < 4.78 is 10.6. The van der Waals surface area contributed by atoms with Gasteiger partial charge in [0.15, 0.2) is 0 Å². The average molecular weight is 376 g/mol. The first-order valence-corrected chi connectivity index (χ1v) is 8.55. The van der Waals surface area contributed by atoms with E-state index in [0.717, 1.165) is 16.9 Å². The quantitative estimate of drug-likeness (QED) is 0.488. The molecule has 0 fully saturated rings. The van der Waals surface area contributed by atoms with Crippen molar-refractivity contribution >= 4 is 18.2 Å². The predicted octanol–water partition coefficient (Wildman–Crippen LogP) is 3.52. The van der Waals surface area contributed by atoms with Crippen LogP contribution in [0.4, 0.5) is 0 Å². The smallest absolute Gasteiger partial charge is 0.289 e. The molecule has 0 aliphatic rings. The molecule has 1 amide bonds. The summed E-state index contributed by atoms with van der Waals surface area (Å²) in [5.41, 5.74) is 5.07. The summed E-state index contributed by atoms with van der Waals surface area (Å²) in [6.45, 7) is 0. The fourth-order valence-electron chi connectivity index (χ4n) is 2.58. The number of amides is 1. The molecule has 0 radical (unpaired) electrons. The largest absolute Gasteiger partial charge is 0.496 e. The zero-order chi connectivity index (χ0) is 19.8. The molecular formula is C21H20N4O3. The van der Waals surface area contributed by atoms with Gasteiger partial charge < -0.3 is 9.47 Å². The lowest BCUT2D eigenvalue weighted by molar-refractivity contribution is 0.0950. The molecule has 0 saturated heterocycles. The first-order valence-electron chi connectivity index (χ1n) is 8.55. The minimum absolute atomic E-state index is 0.298. The van der Waals surface area contributed by atoms with Crippen LogP contribution in [-0.4, -0.2) is 36.5 Å². The SMILES string of the molecule is COc1ccccc1C=CC=NNC(=O)c1cc(-c2ccccc2OC)n[nH]1. The Hall–Kier alpha value is -3.87. The molecule has 1 aromatic heterocycles. The number of carbonyl (C=O) groups excluding carboxylic acids is 1. The molecule has 0 unspecified atom stereocenters. The van der Waals surface area contributed by atoms with Gasteiger partial charge in [-0.2, -0.15) is 10.2 Å². The number of ether oxygens (including phenoxy) is 2. The second kappa shape index (κ2) is 9.18. The van der Waals surface area contributed by atoms with Crippen molar-refractivity contribution in [2.75, 3.05) is 14.2 Å². The Labute approximate surface area is 162 Å². The Morgan fingerprint density at radius 1 is 1.07 bits per heavy atom. The number of methoxy groups -OCH3 is 2. The maximum Gasteiger partial charge on any atom is 0.289 e. The fourth-order valence-corrected chi connectivity index (χ4v) is 2.58. The third kappa shape index (κ3) is 4.45. The number of nitrogens with one attached hydrogen (secondary N) is 2. The van der Waals surface area contributed by atoms with Crippen LogP contribution in [0.1, 0.15) is 16.1 Å². The zero-order valence-corrected chi connectivity index (χ0v) is 15.5. The molecular weight excluding hydrogens is 356 g/mol. The third-order valence-electron chi connectivity index (χ3n) is 3.95. The van der Waals surface area contributed by atoms with Gasteiger partial charge in [-0.25, -0.2) is 5.43 Å². The number of hydrogen-bond acceptors (Lipinski definition) is 5. The number of carbonyl (C=O) groups is 1. The van der Waals surface area contributed by atoms with Gasteiger partial charge in [-0.1, -0.05) is 30.3 Å². The second-order valence-electron chi connectivity index (χ2n) is 5.69. The van der Waals surface area contributed by atoms with Crippen LogP contribution in [0.25, 0.3) is 17.3 Å². The van der Waals surface area contributed by atoms with E-state index in [9.17, 15) is 4.79 Å². The number of para-hydroxylation sites is 2. The van der Waals surface area contributed by atoms with Crippen LogP contribution in [0, 0.1) is 0 Å². The zero-order valence-electron chi connectivity index (χ0n) is 15.5. The van der Waals surface area contributed by atoms with Crippen LogP contribution < -0.4 is 14.9 Å². The third-order valence-corrected chi connectivity index (χ3v) is 3.95. The van der Waals surface area contributed by atoms with Crippen molar-refractivity contribution in [2.24, 2.45) is 5.10 Å². The van der Waals surface area contributed by atoms with Crippen molar-refractivity contribution in [3.63, 3.8) is 0 Å². The molecule has 0 atom stereocenters. The molecule has 1 heterocycles. The first kappa shape index (κ1) is 18.9. The Morgan fingerprint density at radius 2 is 1.79 bits per heavy atom. The lowest BCUT2D eigenvalue weighted by Crippen LogP contribution is -2.17. The number of allylic oxidation sites excluding steroid dienone is 1. The van der Waals surface area contributed by atoms with Crippen molar-refractivity contribution in [2.45, 2.75) is 0 Å². The molecule has 3 aromatic rings. The minimum atomic E-state index is -0.393. The van der Waals surface area contributed by atoms with Crippen LogP contribution in [0.15, 0.2) is 65.8 Å². The highest BCUT2D eigenvalue weighted by Crippen LogP contribution is 2.28. The van der Waals surface area contributed by atoms with E-state index in [1.807, 2.05) is 54.6 Å². The van der Waals surface area contributed by atoms with Crippen LogP contribution in [-0.2, 0) is 0 Å². The van der Waals surface area contributed by atoms with E-state index in [0.29, 0.717) is 17.1 Å². The molecule has 0 saturated carbocycles. The molecule has 0 spiro atoms. The van der Waals surface area contributed by atoms with E-state index >= 15 is 0 Å². The van der Waals surface area contributed by atoms with Gasteiger partial charge in [-0.05, 0) is 36.4 Å². The topological polar surface area (TPSA) is 88.6 Å². The van der Waals surface area contributed by atoms with E-state index < -0.39 is 5.91 Å². The highest BCUT2D eigenvalue weighted by molar-refractivity contribution is 5.94. The number of aromatic amines is 1. The molecule has 0 bridgehead atoms. The van der Waals surface area contributed by atoms with E-state index in [2.05, 4.69) is 20.7 Å². The summed E-state index contributed by atoms with van der Waals surface area (Å²) in [4.78, 5) is 12.2. The van der Waals surface area contributed by atoms with E-state index in [1.165, 1.54) is 6.21 Å². The van der Waals surface area contributed by atoms with Crippen molar-refractivity contribution in [1.29, 1.82) is 0 Å². The molecule has 0 aliphatic heterocycles. The summed E-state index contributed by atoms with van der Waals surface area (Å²) in [5, 5.41) is 10.8. The lowest BCUT2D eigenvalue weighted by Gasteiger charge is -2.04. The van der Waals surface area contributed by atoms with Gasteiger partial charge in [0, 0.05) is 17.3 Å². The summed E-state index contributed by atoms with van der Waals surface area (Å²) in [6.07, 6.45) is 5.04. The van der Waals surface area contributed by atoms with Gasteiger partial charge in [-0.15, -0.1) is 0 Å². The molecule has 2 aromatic carbocycles. The predicted molar refractivity (Wildman–Crippen MR) is 109 cm³/mol. The van der Waals surface area contributed by atoms with Crippen molar-refractivity contribution in [3.8, 4) is 22.8 Å². The normalized spacial score (nSPS) is 11.1. The number of H-pyrrole nitrogens is 1. The van der Waals surface area contributed by atoms with Crippen molar-refractivity contribution in [3.05, 3.63) is 71.9 Å². The van der Waals surface area contributed by atoms with Gasteiger partial charge in [0.1, 0.15) is 17.2 Å². The molecule has 0 aliphatic carbocycles. The molecule has 7 nitrogen and oxygen atoms in total. The van der Waals surface area contributed by atoms with Crippen molar-refractivity contribution < 1.29 is 14.3 Å². The minimum Gasteiger partial charge on any atom is -0.496 e. The van der Waals surface area contributed by atoms with E-state index in [-0.39, 0.29) is 0 Å². The van der Waals surface area contributed by atoms with Gasteiger partial charge in [0.25, 0.3) is 5.91 Å². The standard InChI is InChI=1S/C21H20N4O3/c1-27-19-11-5-3-8-15(19)9-7-13-22-25-21(26)18-14-17(23-24-18)16-10-4-6-12-20(16)28-2/h3-14H,1-2H3,(H,23,24)(H,25,26). The molecule has 142 valence electrons. The number of rotatable bonds is 7. The summed E-state index contributed by atoms with van der Waals surface area (Å²) in [7, 11) is 3.21.